The molecular weight excluding hydrogens is 316 g/mol. The van der Waals surface area contributed by atoms with Crippen LogP contribution in [0.4, 0.5) is 0 Å². The SMILES string of the molecule is C1=c2ccc3cccnc3c2=NCC1(c1ccccc1)c1ccccc1. The molecule has 0 bridgehead atoms. The Morgan fingerprint density at radius 3 is 2.08 bits per heavy atom. The highest BCUT2D eigenvalue weighted by Crippen LogP contribution is 2.35. The lowest BCUT2D eigenvalue weighted by Gasteiger charge is -2.32. The molecular formula is C24H18N2. The van der Waals surface area contributed by atoms with Crippen molar-refractivity contribution in [3.05, 3.63) is 113 Å². The molecule has 0 amide bonds. The average Bonchev–Trinajstić information content (AvgIpc) is 2.74. The first kappa shape index (κ1) is 15.0. The van der Waals surface area contributed by atoms with Crippen LogP contribution in [0, 0.1) is 0 Å². The summed E-state index contributed by atoms with van der Waals surface area (Å²) in [6.45, 7) is 0.684. The minimum Gasteiger partial charge on any atom is -0.281 e. The lowest BCUT2D eigenvalue weighted by molar-refractivity contribution is 0.670. The average molecular weight is 334 g/mol. The Balaban J connectivity index is 1.84. The molecule has 0 fully saturated rings. The van der Waals surface area contributed by atoms with E-state index >= 15 is 0 Å². The Hall–Kier alpha value is -3.26. The fraction of sp³-hybridized carbons (Fsp3) is 0.0833. The molecule has 2 heteroatoms. The fourth-order valence-corrected chi connectivity index (χ4v) is 3.93. The Morgan fingerprint density at radius 2 is 1.38 bits per heavy atom. The van der Waals surface area contributed by atoms with Gasteiger partial charge in [-0.15, -0.1) is 0 Å². The minimum absolute atomic E-state index is 0.252. The Kier molecular flexibility index (Phi) is 3.42. The van der Waals surface area contributed by atoms with Crippen LogP contribution in [-0.2, 0) is 5.41 Å². The van der Waals surface area contributed by atoms with Crippen LogP contribution in [0.25, 0.3) is 17.0 Å². The van der Waals surface area contributed by atoms with Gasteiger partial charge >= 0.3 is 0 Å². The van der Waals surface area contributed by atoms with Gasteiger partial charge in [-0.1, -0.05) is 84.9 Å². The highest BCUT2D eigenvalue weighted by molar-refractivity contribution is 5.78. The predicted octanol–water partition coefficient (Wildman–Crippen LogP) is 3.63. The fourth-order valence-electron chi connectivity index (χ4n) is 3.93. The molecule has 0 spiro atoms. The van der Waals surface area contributed by atoms with Crippen molar-refractivity contribution in [3.8, 4) is 0 Å². The number of hydrogen-bond acceptors (Lipinski definition) is 2. The van der Waals surface area contributed by atoms with Crippen LogP contribution in [0.5, 0.6) is 0 Å². The van der Waals surface area contributed by atoms with Crippen LogP contribution in [-0.4, -0.2) is 11.5 Å². The second-order valence-corrected chi connectivity index (χ2v) is 6.74. The second-order valence-electron chi connectivity index (χ2n) is 6.74. The number of nitrogens with zero attached hydrogens (tertiary/aromatic N) is 2. The first-order valence-corrected chi connectivity index (χ1v) is 8.89. The van der Waals surface area contributed by atoms with Crippen molar-refractivity contribution >= 4 is 17.0 Å². The van der Waals surface area contributed by atoms with Crippen LogP contribution in [0.15, 0.2) is 96.1 Å². The molecule has 0 aliphatic carbocycles. The van der Waals surface area contributed by atoms with E-state index in [1.54, 1.807) is 0 Å². The van der Waals surface area contributed by atoms with E-state index in [1.807, 2.05) is 12.3 Å². The molecule has 4 aromatic rings. The number of hydrogen-bond donors (Lipinski definition) is 0. The normalized spacial score (nSPS) is 14.9. The van der Waals surface area contributed by atoms with Gasteiger partial charge < -0.3 is 0 Å². The molecule has 3 aromatic carbocycles. The first-order chi connectivity index (χ1) is 12.9. The van der Waals surface area contributed by atoms with Gasteiger partial charge in [0.1, 0.15) is 0 Å². The van der Waals surface area contributed by atoms with Crippen molar-refractivity contribution in [2.75, 3.05) is 6.54 Å². The van der Waals surface area contributed by atoms with Gasteiger partial charge in [0, 0.05) is 11.6 Å². The topological polar surface area (TPSA) is 25.2 Å². The number of fused-ring (bicyclic) bond motifs is 3. The molecule has 1 aliphatic rings. The molecule has 0 radical (unpaired) electrons. The van der Waals surface area contributed by atoms with E-state index in [0.29, 0.717) is 6.54 Å². The summed E-state index contributed by atoms with van der Waals surface area (Å²) in [7, 11) is 0. The third-order valence-electron chi connectivity index (χ3n) is 5.25. The quantitative estimate of drug-likeness (QED) is 0.549. The van der Waals surface area contributed by atoms with Gasteiger partial charge in [-0.05, 0) is 22.4 Å². The van der Waals surface area contributed by atoms with Gasteiger partial charge in [-0.3, -0.25) is 9.98 Å². The maximum absolute atomic E-state index is 5.03. The van der Waals surface area contributed by atoms with E-state index in [4.69, 9.17) is 4.99 Å². The van der Waals surface area contributed by atoms with Crippen LogP contribution in [0.1, 0.15) is 11.1 Å². The van der Waals surface area contributed by atoms with Gasteiger partial charge in [-0.2, -0.15) is 0 Å². The number of benzene rings is 3. The summed E-state index contributed by atoms with van der Waals surface area (Å²) in [6, 6.07) is 29.7. The number of aromatic nitrogens is 1. The maximum atomic E-state index is 5.03. The van der Waals surface area contributed by atoms with E-state index in [2.05, 4.69) is 89.9 Å². The van der Waals surface area contributed by atoms with Crippen LogP contribution >= 0.6 is 0 Å². The molecule has 0 unspecified atom stereocenters. The van der Waals surface area contributed by atoms with Crippen molar-refractivity contribution in [2.45, 2.75) is 5.41 Å². The third kappa shape index (κ3) is 2.26. The van der Waals surface area contributed by atoms with E-state index in [1.165, 1.54) is 11.1 Å². The molecule has 1 aliphatic heterocycles. The minimum atomic E-state index is -0.252. The van der Waals surface area contributed by atoms with Gasteiger partial charge in [0.2, 0.25) is 0 Å². The van der Waals surface area contributed by atoms with Crippen LogP contribution in [0.2, 0.25) is 0 Å². The predicted molar refractivity (Wildman–Crippen MR) is 106 cm³/mol. The van der Waals surface area contributed by atoms with Gasteiger partial charge in [0.05, 0.1) is 22.8 Å². The zero-order valence-corrected chi connectivity index (χ0v) is 14.3. The lowest BCUT2D eigenvalue weighted by Crippen LogP contribution is -2.41. The maximum Gasteiger partial charge on any atom is 0.0959 e. The van der Waals surface area contributed by atoms with E-state index in [9.17, 15) is 0 Å². The number of pyridine rings is 1. The summed E-state index contributed by atoms with van der Waals surface area (Å²) < 4.78 is 0. The van der Waals surface area contributed by atoms with E-state index in [-0.39, 0.29) is 5.41 Å². The van der Waals surface area contributed by atoms with Gasteiger partial charge in [0.15, 0.2) is 0 Å². The Bertz CT molecular complexity index is 1160. The van der Waals surface area contributed by atoms with E-state index < -0.39 is 0 Å². The second kappa shape index (κ2) is 5.92. The highest BCUT2D eigenvalue weighted by Gasteiger charge is 2.33. The molecule has 1 aromatic heterocycles. The molecule has 0 atom stereocenters. The van der Waals surface area contributed by atoms with Crippen LogP contribution < -0.4 is 10.6 Å². The molecule has 0 saturated heterocycles. The Labute approximate surface area is 152 Å². The zero-order chi connectivity index (χ0) is 17.4. The summed E-state index contributed by atoms with van der Waals surface area (Å²) in [6.07, 6.45) is 4.21. The smallest absolute Gasteiger partial charge is 0.0959 e. The third-order valence-corrected chi connectivity index (χ3v) is 5.25. The zero-order valence-electron chi connectivity index (χ0n) is 14.3. The molecule has 0 N–H and O–H groups in total. The molecule has 2 nitrogen and oxygen atoms in total. The summed E-state index contributed by atoms with van der Waals surface area (Å²) in [5, 5.41) is 3.29. The summed E-state index contributed by atoms with van der Waals surface area (Å²) >= 11 is 0. The number of rotatable bonds is 2. The van der Waals surface area contributed by atoms with Crippen molar-refractivity contribution in [3.63, 3.8) is 0 Å². The summed E-state index contributed by atoms with van der Waals surface area (Å²) in [4.78, 5) is 9.61. The Morgan fingerprint density at radius 1 is 0.692 bits per heavy atom. The van der Waals surface area contributed by atoms with Crippen molar-refractivity contribution in [1.29, 1.82) is 0 Å². The lowest BCUT2D eigenvalue weighted by atomic mass is 9.73. The van der Waals surface area contributed by atoms with E-state index in [0.717, 1.165) is 21.5 Å². The first-order valence-electron chi connectivity index (χ1n) is 8.89. The molecule has 0 saturated carbocycles. The monoisotopic (exact) mass is 334 g/mol. The standard InChI is InChI=1S/C24H18N2/c1-3-9-20(10-4-1)24(21-11-5-2-6-12-21)16-19-14-13-18-8-7-15-25-22(18)23(19)26-17-24/h1-16H,17H2. The molecule has 26 heavy (non-hydrogen) atoms. The summed E-state index contributed by atoms with van der Waals surface area (Å²) in [5.41, 5.74) is 3.26. The van der Waals surface area contributed by atoms with Gasteiger partial charge in [-0.25, -0.2) is 0 Å². The van der Waals surface area contributed by atoms with Gasteiger partial charge in [0.25, 0.3) is 0 Å². The summed E-state index contributed by atoms with van der Waals surface area (Å²) in [5.74, 6) is 0. The van der Waals surface area contributed by atoms with Crippen molar-refractivity contribution in [1.82, 2.24) is 4.98 Å². The molecule has 2 heterocycles. The van der Waals surface area contributed by atoms with Crippen molar-refractivity contribution < 1.29 is 0 Å². The molecule has 5 rings (SSSR count). The highest BCUT2D eigenvalue weighted by atomic mass is 14.8. The largest absolute Gasteiger partial charge is 0.281 e. The molecule has 124 valence electrons. The van der Waals surface area contributed by atoms with Crippen LogP contribution in [0.3, 0.4) is 0 Å². The van der Waals surface area contributed by atoms with Crippen molar-refractivity contribution in [2.24, 2.45) is 4.99 Å².